The molecule has 1 heterocycles. The highest BCUT2D eigenvalue weighted by molar-refractivity contribution is 9.09. The molecule has 0 aliphatic carbocycles. The van der Waals surface area contributed by atoms with Gasteiger partial charge in [-0.15, -0.1) is 0 Å². The third kappa shape index (κ3) is 8.08. The quantitative estimate of drug-likeness (QED) is 0.0732. The van der Waals surface area contributed by atoms with Crippen LogP contribution >= 0.6 is 15.9 Å². The maximum atomic E-state index is 13.3. The fourth-order valence-corrected chi connectivity index (χ4v) is 4.97. The number of ether oxygens (including phenoxy) is 4. The molecule has 0 N–H and O–H groups in total. The van der Waals surface area contributed by atoms with Crippen molar-refractivity contribution < 1.29 is 43.0 Å². The maximum absolute atomic E-state index is 13.3. The minimum absolute atomic E-state index is 0.111. The largest absolute Gasteiger partial charge is 0.459 e. The first-order chi connectivity index (χ1) is 21.9. The van der Waals surface area contributed by atoms with Gasteiger partial charge in [-0.3, -0.25) is 0 Å². The Morgan fingerprint density at radius 3 is 1.51 bits per heavy atom. The number of nitrogens with zero attached hydrogens (tertiary/aromatic N) is 1. The topological polar surface area (TPSA) is 127 Å². The van der Waals surface area contributed by atoms with Gasteiger partial charge in [-0.1, -0.05) is 93.9 Å². The average Bonchev–Trinajstić information content (AvgIpc) is 3.09. The van der Waals surface area contributed by atoms with Crippen molar-refractivity contribution in [1.29, 1.82) is 0 Å². The Hall–Kier alpha value is -5.13. The molecule has 0 spiro atoms. The Balaban J connectivity index is 1.48. The molecule has 5 rings (SSSR count). The highest BCUT2D eigenvalue weighted by atomic mass is 79.9. The summed E-state index contributed by atoms with van der Waals surface area (Å²) in [5.74, 6) is -2.97. The first-order valence-electron chi connectivity index (χ1n) is 13.8. The summed E-state index contributed by atoms with van der Waals surface area (Å²) in [6.45, 7) is -0.390. The van der Waals surface area contributed by atoms with Gasteiger partial charge in [-0.25, -0.2) is 19.2 Å². The van der Waals surface area contributed by atoms with Gasteiger partial charge in [0, 0.05) is 0 Å². The van der Waals surface area contributed by atoms with Crippen molar-refractivity contribution in [2.45, 2.75) is 23.3 Å². The first kappa shape index (κ1) is 31.3. The van der Waals surface area contributed by atoms with E-state index in [-0.39, 0.29) is 29.0 Å². The highest BCUT2D eigenvalue weighted by Crippen LogP contribution is 2.29. The van der Waals surface area contributed by atoms with Crippen LogP contribution < -0.4 is 0 Å². The molecule has 1 saturated heterocycles. The van der Waals surface area contributed by atoms with Gasteiger partial charge < -0.3 is 23.8 Å². The minimum Gasteiger partial charge on any atom is -0.459 e. The van der Waals surface area contributed by atoms with E-state index in [9.17, 15) is 19.2 Å². The van der Waals surface area contributed by atoms with Crippen LogP contribution in [0.25, 0.3) is 0 Å². The molecule has 0 unspecified atom stereocenters. The van der Waals surface area contributed by atoms with Crippen LogP contribution in [0.2, 0.25) is 0 Å². The lowest BCUT2D eigenvalue weighted by Gasteiger charge is -2.39. The van der Waals surface area contributed by atoms with E-state index in [1.807, 2.05) is 0 Å². The van der Waals surface area contributed by atoms with Gasteiger partial charge in [0.25, 0.3) is 0 Å². The van der Waals surface area contributed by atoms with Crippen molar-refractivity contribution >= 4 is 45.5 Å². The Morgan fingerprint density at radius 2 is 1.02 bits per heavy atom. The molecule has 45 heavy (non-hydrogen) atoms. The molecule has 11 heteroatoms. The van der Waals surface area contributed by atoms with Crippen molar-refractivity contribution in [2.24, 2.45) is 5.16 Å². The van der Waals surface area contributed by atoms with E-state index < -0.39 is 47.2 Å². The molecule has 0 amide bonds. The molecule has 1 aliphatic heterocycles. The zero-order valence-electron chi connectivity index (χ0n) is 23.6. The van der Waals surface area contributed by atoms with Gasteiger partial charge >= 0.3 is 23.9 Å². The van der Waals surface area contributed by atoms with Gasteiger partial charge in [-0.2, -0.15) is 0 Å². The van der Waals surface area contributed by atoms with Crippen molar-refractivity contribution in [3.8, 4) is 0 Å². The molecule has 4 aromatic carbocycles. The smallest absolute Gasteiger partial charge is 0.365 e. The molecule has 10 nitrogen and oxygen atoms in total. The summed E-state index contributed by atoms with van der Waals surface area (Å²) in [5, 5.41) is 2.89. The Morgan fingerprint density at radius 1 is 0.600 bits per heavy atom. The van der Waals surface area contributed by atoms with Crippen molar-refractivity contribution in [2.75, 3.05) is 6.61 Å². The monoisotopic (exact) mass is 671 g/mol. The Kier molecular flexibility index (Phi) is 10.5. The highest BCUT2D eigenvalue weighted by Gasteiger charge is 2.49. The van der Waals surface area contributed by atoms with Gasteiger partial charge in [0.1, 0.15) is 18.4 Å². The van der Waals surface area contributed by atoms with Crippen LogP contribution in [0.3, 0.4) is 0 Å². The number of oxime groups is 1. The zero-order valence-corrected chi connectivity index (χ0v) is 25.1. The third-order valence-corrected chi connectivity index (χ3v) is 7.30. The van der Waals surface area contributed by atoms with Gasteiger partial charge in [0.2, 0.25) is 0 Å². The van der Waals surface area contributed by atoms with Gasteiger partial charge in [0.15, 0.2) is 17.2 Å². The number of halogens is 1. The van der Waals surface area contributed by atoms with Crippen LogP contribution in [-0.4, -0.2) is 59.5 Å². The normalized spacial score (nSPS) is 20.1. The van der Waals surface area contributed by atoms with Crippen LogP contribution in [0.5, 0.6) is 0 Å². The molecule has 1 fully saturated rings. The fourth-order valence-electron chi connectivity index (χ4n) is 4.35. The van der Waals surface area contributed by atoms with Crippen LogP contribution in [0.4, 0.5) is 0 Å². The summed E-state index contributed by atoms with van der Waals surface area (Å²) in [7, 11) is 0. The third-order valence-electron chi connectivity index (χ3n) is 6.61. The summed E-state index contributed by atoms with van der Waals surface area (Å²) < 4.78 is 23.3. The van der Waals surface area contributed by atoms with E-state index in [1.54, 1.807) is 121 Å². The predicted octanol–water partition coefficient (Wildman–Crippen LogP) is 5.63. The number of hydrogen-bond acceptors (Lipinski definition) is 10. The SMILES string of the molecule is O=C(OC[C@H]1O[C@H](Br)/C(=N/OC(=O)c2ccccc2)[C@@H](OC(=O)c2ccccc2)[C@@H]1OC(=O)c1ccccc1)c1ccccc1. The van der Waals surface area contributed by atoms with Crippen LogP contribution in [0, 0.1) is 0 Å². The number of benzene rings is 4. The van der Waals surface area contributed by atoms with Crippen molar-refractivity contribution in [3.05, 3.63) is 144 Å². The molecule has 228 valence electrons. The number of carbonyl (C=O) groups excluding carboxylic acids is 4. The summed E-state index contributed by atoms with van der Waals surface area (Å²) in [4.78, 5) is 57.3. The first-order valence-corrected chi connectivity index (χ1v) is 14.7. The minimum atomic E-state index is -1.44. The summed E-state index contributed by atoms with van der Waals surface area (Å²) in [6.07, 6.45) is -3.98. The zero-order chi connectivity index (χ0) is 31.6. The second kappa shape index (κ2) is 15.0. The van der Waals surface area contributed by atoms with Crippen molar-refractivity contribution in [3.63, 3.8) is 0 Å². The van der Waals surface area contributed by atoms with Gasteiger partial charge in [0.05, 0.1) is 22.3 Å². The molecule has 0 bridgehead atoms. The summed E-state index contributed by atoms with van der Waals surface area (Å²) in [6, 6.07) is 32.7. The molecule has 4 aromatic rings. The number of alkyl halides is 1. The van der Waals surface area contributed by atoms with Crippen molar-refractivity contribution in [1.82, 2.24) is 0 Å². The number of esters is 3. The van der Waals surface area contributed by atoms with E-state index >= 15 is 0 Å². The summed E-state index contributed by atoms with van der Waals surface area (Å²) >= 11 is 3.36. The summed E-state index contributed by atoms with van der Waals surface area (Å²) in [5.41, 5.74) is 0.820. The van der Waals surface area contributed by atoms with Crippen LogP contribution in [0.1, 0.15) is 41.4 Å². The standard InChI is InChI=1S/C34H26BrNO9/c35-30-27(36-45-34(40)25-19-11-4-12-20-25)29(44-33(39)24-17-9-3-10-18-24)28(43-32(38)23-15-7-2-8-16-23)26(42-30)21-41-31(37)22-13-5-1-6-14-22/h1-20,26,28-30H,21H2/b36-27+/t26-,28-,29-,30+/m1/s1. The molecule has 4 atom stereocenters. The van der Waals surface area contributed by atoms with E-state index in [4.69, 9.17) is 23.8 Å². The Bertz CT molecular complexity index is 1650. The second-order valence-electron chi connectivity index (χ2n) is 9.64. The number of hydrogen-bond donors (Lipinski definition) is 0. The van der Waals surface area contributed by atoms with E-state index in [0.717, 1.165) is 0 Å². The predicted molar refractivity (Wildman–Crippen MR) is 165 cm³/mol. The number of carbonyl (C=O) groups is 4. The fraction of sp³-hybridized carbons (Fsp3) is 0.147. The second-order valence-corrected chi connectivity index (χ2v) is 10.5. The lowest BCUT2D eigenvalue weighted by atomic mass is 10.00. The average molecular weight is 672 g/mol. The van der Waals surface area contributed by atoms with E-state index in [2.05, 4.69) is 21.1 Å². The lowest BCUT2D eigenvalue weighted by Crippen LogP contribution is -2.58. The lowest BCUT2D eigenvalue weighted by molar-refractivity contribution is -0.119. The van der Waals surface area contributed by atoms with Crippen LogP contribution in [-0.2, 0) is 23.8 Å². The molecule has 0 radical (unpaired) electrons. The van der Waals surface area contributed by atoms with E-state index in [1.165, 1.54) is 0 Å². The van der Waals surface area contributed by atoms with Gasteiger partial charge in [-0.05, 0) is 48.5 Å². The molecular formula is C34H26BrNO9. The molecule has 0 saturated carbocycles. The molecule has 1 aliphatic rings. The Labute approximate surface area is 266 Å². The molecular weight excluding hydrogens is 646 g/mol. The van der Waals surface area contributed by atoms with Crippen LogP contribution in [0.15, 0.2) is 126 Å². The molecule has 0 aromatic heterocycles. The number of rotatable bonds is 9. The maximum Gasteiger partial charge on any atom is 0.365 e. The van der Waals surface area contributed by atoms with E-state index in [0.29, 0.717) is 5.56 Å².